The van der Waals surface area contributed by atoms with Crippen LogP contribution < -0.4 is 19.9 Å². The van der Waals surface area contributed by atoms with Crippen molar-refractivity contribution in [2.45, 2.75) is 6.92 Å². The third kappa shape index (κ3) is 3.38. The number of nitrogens with two attached hydrogens (primary N) is 1. The molecular formula is C14H15N3O4. The largest absolute Gasteiger partial charge is 0.481 e. The van der Waals surface area contributed by atoms with Gasteiger partial charge in [-0.1, -0.05) is 0 Å². The number of aromatic nitrogens is 2. The molecule has 0 radical (unpaired) electrons. The Bertz CT molecular complexity index is 651. The van der Waals surface area contributed by atoms with Crippen molar-refractivity contribution in [3.8, 4) is 23.5 Å². The SMILES string of the molecule is COc1cc(OC)nc(Oc2ccc(N)cc2C(C)=O)n1. The van der Waals surface area contributed by atoms with Crippen LogP contribution in [0.25, 0.3) is 0 Å². The predicted octanol–water partition coefficient (Wildman–Crippen LogP) is 2.07. The Kier molecular flexibility index (Phi) is 4.22. The molecule has 0 bridgehead atoms. The average Bonchev–Trinajstić information content (AvgIpc) is 2.48. The first-order valence-corrected chi connectivity index (χ1v) is 6.09. The summed E-state index contributed by atoms with van der Waals surface area (Å²) in [5.74, 6) is 0.715. The van der Waals surface area contributed by atoms with Crippen molar-refractivity contribution in [3.05, 3.63) is 29.8 Å². The third-order valence-corrected chi connectivity index (χ3v) is 2.66. The van der Waals surface area contributed by atoms with Gasteiger partial charge in [-0.05, 0) is 25.1 Å². The number of hydrogen-bond donors (Lipinski definition) is 1. The molecule has 2 rings (SSSR count). The van der Waals surface area contributed by atoms with Crippen LogP contribution in [0.15, 0.2) is 24.3 Å². The molecule has 0 amide bonds. The summed E-state index contributed by atoms with van der Waals surface area (Å²) in [6.07, 6.45) is 0. The quantitative estimate of drug-likeness (QED) is 0.664. The summed E-state index contributed by atoms with van der Waals surface area (Å²) >= 11 is 0. The summed E-state index contributed by atoms with van der Waals surface area (Å²) in [5.41, 5.74) is 6.49. The number of hydrogen-bond acceptors (Lipinski definition) is 7. The maximum atomic E-state index is 11.6. The molecular weight excluding hydrogens is 274 g/mol. The van der Waals surface area contributed by atoms with Gasteiger partial charge in [0.2, 0.25) is 11.8 Å². The van der Waals surface area contributed by atoms with Crippen LogP contribution in [0.3, 0.4) is 0 Å². The van der Waals surface area contributed by atoms with Gasteiger partial charge in [-0.2, -0.15) is 9.97 Å². The van der Waals surface area contributed by atoms with Gasteiger partial charge in [0.25, 0.3) is 0 Å². The van der Waals surface area contributed by atoms with E-state index in [1.54, 1.807) is 12.1 Å². The molecule has 0 atom stereocenters. The van der Waals surface area contributed by atoms with Gasteiger partial charge >= 0.3 is 6.01 Å². The highest BCUT2D eigenvalue weighted by Gasteiger charge is 2.13. The smallest absolute Gasteiger partial charge is 0.328 e. The molecule has 0 aliphatic heterocycles. The van der Waals surface area contributed by atoms with Crippen molar-refractivity contribution in [2.75, 3.05) is 20.0 Å². The summed E-state index contributed by atoms with van der Waals surface area (Å²) in [4.78, 5) is 19.7. The first-order valence-electron chi connectivity index (χ1n) is 6.09. The molecule has 2 N–H and O–H groups in total. The van der Waals surface area contributed by atoms with E-state index in [1.165, 1.54) is 33.3 Å². The summed E-state index contributed by atoms with van der Waals surface area (Å²) < 4.78 is 15.6. The van der Waals surface area contributed by atoms with Gasteiger partial charge in [-0.15, -0.1) is 0 Å². The van der Waals surface area contributed by atoms with Crippen LogP contribution >= 0.6 is 0 Å². The molecule has 0 fully saturated rings. The fourth-order valence-electron chi connectivity index (χ4n) is 1.65. The van der Waals surface area contributed by atoms with E-state index in [4.69, 9.17) is 19.9 Å². The first-order chi connectivity index (χ1) is 10.0. The Morgan fingerprint density at radius 2 is 1.71 bits per heavy atom. The Morgan fingerprint density at radius 3 is 2.24 bits per heavy atom. The van der Waals surface area contributed by atoms with Crippen LogP contribution in [-0.4, -0.2) is 30.0 Å². The zero-order valence-electron chi connectivity index (χ0n) is 11.9. The van der Waals surface area contributed by atoms with Crippen LogP contribution in [0.4, 0.5) is 5.69 Å². The number of anilines is 1. The van der Waals surface area contributed by atoms with Crippen molar-refractivity contribution in [3.63, 3.8) is 0 Å². The number of rotatable bonds is 5. The van der Waals surface area contributed by atoms with Crippen molar-refractivity contribution in [1.82, 2.24) is 9.97 Å². The minimum atomic E-state index is -0.174. The standard InChI is InChI=1S/C14H15N3O4/c1-8(18)10-6-9(15)4-5-11(10)21-14-16-12(19-2)7-13(17-14)20-3/h4-7H,15H2,1-3H3. The molecule has 0 spiro atoms. The molecule has 1 aromatic carbocycles. The number of nitrogen functional groups attached to an aromatic ring is 1. The van der Waals surface area contributed by atoms with Gasteiger partial charge in [0.15, 0.2) is 5.78 Å². The highest BCUT2D eigenvalue weighted by molar-refractivity contribution is 5.97. The van der Waals surface area contributed by atoms with Gasteiger partial charge in [-0.3, -0.25) is 4.79 Å². The fourth-order valence-corrected chi connectivity index (χ4v) is 1.65. The first kappa shape index (κ1) is 14.6. The number of Topliss-reactive ketones (excluding diaryl/α,β-unsaturated/α-hetero) is 1. The zero-order valence-corrected chi connectivity index (χ0v) is 11.9. The summed E-state index contributed by atoms with van der Waals surface area (Å²) in [7, 11) is 2.94. The van der Waals surface area contributed by atoms with E-state index in [2.05, 4.69) is 9.97 Å². The highest BCUT2D eigenvalue weighted by Crippen LogP contribution is 2.28. The Labute approximate surface area is 121 Å². The molecule has 0 aliphatic rings. The molecule has 7 nitrogen and oxygen atoms in total. The number of methoxy groups -OCH3 is 2. The Balaban J connectivity index is 2.40. The van der Waals surface area contributed by atoms with Crippen LogP contribution in [0, 0.1) is 0 Å². The monoisotopic (exact) mass is 289 g/mol. The highest BCUT2D eigenvalue weighted by atomic mass is 16.5. The molecule has 7 heteroatoms. The molecule has 110 valence electrons. The Hall–Kier alpha value is -2.83. The summed E-state index contributed by atoms with van der Waals surface area (Å²) in [5, 5.41) is 0. The van der Waals surface area contributed by atoms with Crippen molar-refractivity contribution >= 4 is 11.5 Å². The van der Waals surface area contributed by atoms with E-state index in [0.29, 0.717) is 17.0 Å². The topological polar surface area (TPSA) is 96.6 Å². The van der Waals surface area contributed by atoms with Crippen LogP contribution in [0.1, 0.15) is 17.3 Å². The third-order valence-electron chi connectivity index (χ3n) is 2.66. The van der Waals surface area contributed by atoms with E-state index in [9.17, 15) is 4.79 Å². The molecule has 1 aromatic heterocycles. The van der Waals surface area contributed by atoms with E-state index in [-0.39, 0.29) is 23.6 Å². The van der Waals surface area contributed by atoms with Crippen molar-refractivity contribution in [2.24, 2.45) is 0 Å². The fraction of sp³-hybridized carbons (Fsp3) is 0.214. The lowest BCUT2D eigenvalue weighted by Crippen LogP contribution is -2.02. The molecule has 0 saturated carbocycles. The molecule has 0 saturated heterocycles. The maximum Gasteiger partial charge on any atom is 0.328 e. The summed E-state index contributed by atoms with van der Waals surface area (Å²) in [6.45, 7) is 1.43. The van der Waals surface area contributed by atoms with Crippen LogP contribution in [0.2, 0.25) is 0 Å². The summed E-state index contributed by atoms with van der Waals surface area (Å²) in [6, 6.07) is 6.27. The zero-order chi connectivity index (χ0) is 15.4. The van der Waals surface area contributed by atoms with E-state index >= 15 is 0 Å². The lowest BCUT2D eigenvalue weighted by Gasteiger charge is -2.10. The van der Waals surface area contributed by atoms with Gasteiger partial charge in [0.05, 0.1) is 25.8 Å². The van der Waals surface area contributed by atoms with Gasteiger partial charge in [0, 0.05) is 5.69 Å². The second-order valence-corrected chi connectivity index (χ2v) is 4.15. The van der Waals surface area contributed by atoms with Gasteiger partial charge in [-0.25, -0.2) is 0 Å². The van der Waals surface area contributed by atoms with E-state index in [0.717, 1.165) is 0 Å². The normalized spacial score (nSPS) is 10.0. The predicted molar refractivity (Wildman–Crippen MR) is 76.1 cm³/mol. The molecule has 1 heterocycles. The van der Waals surface area contributed by atoms with Gasteiger partial charge < -0.3 is 19.9 Å². The maximum absolute atomic E-state index is 11.6. The second-order valence-electron chi connectivity index (χ2n) is 4.15. The van der Waals surface area contributed by atoms with Crippen LogP contribution in [-0.2, 0) is 0 Å². The average molecular weight is 289 g/mol. The lowest BCUT2D eigenvalue weighted by atomic mass is 10.1. The van der Waals surface area contributed by atoms with Crippen molar-refractivity contribution < 1.29 is 19.0 Å². The molecule has 21 heavy (non-hydrogen) atoms. The Morgan fingerprint density at radius 1 is 1.10 bits per heavy atom. The number of carbonyl (C=O) groups excluding carboxylic acids is 1. The number of ether oxygens (including phenoxy) is 3. The number of benzene rings is 1. The minimum Gasteiger partial charge on any atom is -0.481 e. The minimum absolute atomic E-state index is 0.0125. The number of ketones is 1. The van der Waals surface area contributed by atoms with Crippen LogP contribution in [0.5, 0.6) is 23.5 Å². The van der Waals surface area contributed by atoms with Gasteiger partial charge in [0.1, 0.15) is 5.75 Å². The number of nitrogens with zero attached hydrogens (tertiary/aromatic N) is 2. The van der Waals surface area contributed by atoms with E-state index < -0.39 is 0 Å². The lowest BCUT2D eigenvalue weighted by molar-refractivity contribution is 0.101. The van der Waals surface area contributed by atoms with E-state index in [1.807, 2.05) is 0 Å². The second kappa shape index (κ2) is 6.08. The number of carbonyl (C=O) groups is 1. The molecule has 0 unspecified atom stereocenters. The molecule has 2 aromatic rings. The molecule has 0 aliphatic carbocycles. The van der Waals surface area contributed by atoms with Crippen molar-refractivity contribution in [1.29, 1.82) is 0 Å².